The van der Waals surface area contributed by atoms with E-state index in [2.05, 4.69) is 82.5 Å². The highest BCUT2D eigenvalue weighted by atomic mass is 16.6. The fourth-order valence-electron chi connectivity index (χ4n) is 17.4. The van der Waals surface area contributed by atoms with Gasteiger partial charge in [-0.25, -0.2) is 29.3 Å². The zero-order valence-electron chi connectivity index (χ0n) is 63.9. The van der Waals surface area contributed by atoms with Crippen molar-refractivity contribution in [3.63, 3.8) is 0 Å². The first kappa shape index (κ1) is 76.0. The third-order valence-electron chi connectivity index (χ3n) is 23.5. The van der Waals surface area contributed by atoms with Crippen LogP contribution in [-0.4, -0.2) is 177 Å². The van der Waals surface area contributed by atoms with Crippen molar-refractivity contribution in [2.45, 2.75) is 218 Å². The number of hydrogen-bond donors (Lipinski definition) is 0. The molecule has 15 rings (SSSR count). The molecule has 1 spiro atoms. The summed E-state index contributed by atoms with van der Waals surface area (Å²) in [5, 5.41) is 0. The third kappa shape index (κ3) is 16.3. The Balaban J connectivity index is 0.000000142. The summed E-state index contributed by atoms with van der Waals surface area (Å²) in [5.74, 6) is 3.12. The van der Waals surface area contributed by atoms with Gasteiger partial charge in [-0.15, -0.1) is 0 Å². The van der Waals surface area contributed by atoms with Crippen LogP contribution >= 0.6 is 0 Å². The smallest absolute Gasteiger partial charge is 0.414 e. The Kier molecular flexibility index (Phi) is 23.8. The summed E-state index contributed by atoms with van der Waals surface area (Å²) >= 11 is 0. The lowest BCUT2D eigenvalue weighted by Crippen LogP contribution is -2.46. The first-order valence-electron chi connectivity index (χ1n) is 38.8. The maximum atomic E-state index is 12.9. The second-order valence-corrected chi connectivity index (χ2v) is 30.6. The van der Waals surface area contributed by atoms with Crippen molar-refractivity contribution >= 4 is 85.9 Å². The number of rotatable bonds is 18. The highest BCUT2D eigenvalue weighted by molar-refractivity contribution is 5.98. The fraction of sp³-hybridized carbons (Fsp3) is 0.542. The molecule has 4 fully saturated rings. The standard InChI is InChI=1S/C28H34N4O3.C28H39N3O4.C27H33N5O5/c1-20-8-9-22-23(32(20)27(33)34-2)10-11-24-26(22)29-25(18-21-6-4-3-5-7-21)31(24)16-15-30-14-12-28(19-30)13-17-35-28;1-18-10-12-23-24(30(18)28(33)34-3)13-14-25-27(23)29-26(15-11-22-9-4-5-16-35-22)31(25)21-8-6-7-20(17-21)19(2)32;1-18-8-10-20-21(32(18)27(36)37-4)11-12-22-26(20)28-23(14-16-30-15-6-5-7-25(30)35)31(22)17-19(33)9-13-24(34)29(2)3/h3-7,10-11,20H,8-9,12-19H2,1-2H3;13-14,18,20-22H,4-12,15-17H2,1-3H3;5-7,11-12,15,18H,8-10,13-14,16-17H2,1-4H3/t20-,28+;18-,20-,21+,22+;18-/m000/s1. The van der Waals surface area contributed by atoms with E-state index in [0.29, 0.717) is 30.7 Å². The van der Waals surface area contributed by atoms with Crippen molar-refractivity contribution in [3.8, 4) is 0 Å². The molecular weight excluding hydrogens is 1360 g/mol. The number of Topliss-reactive ketones (excluding diaryl/α,β-unsaturated/α-hetero) is 2. The molecule has 570 valence electrons. The number of amides is 4. The summed E-state index contributed by atoms with van der Waals surface area (Å²) in [6.07, 6.45) is 19.3. The van der Waals surface area contributed by atoms with Gasteiger partial charge in [0.15, 0.2) is 5.78 Å². The molecule has 7 aliphatic rings. The van der Waals surface area contributed by atoms with Crippen LogP contribution in [0, 0.1) is 5.92 Å². The number of aryl methyl sites for hydroxylation is 6. The summed E-state index contributed by atoms with van der Waals surface area (Å²) < 4.78 is 35.5. The molecule has 1 aliphatic carbocycles. The van der Waals surface area contributed by atoms with Crippen LogP contribution in [0.2, 0.25) is 0 Å². The largest absolute Gasteiger partial charge is 0.452 e. The quantitative estimate of drug-likeness (QED) is 0.0725. The minimum absolute atomic E-state index is 0.0141. The maximum Gasteiger partial charge on any atom is 0.414 e. The van der Waals surface area contributed by atoms with E-state index in [1.165, 1.54) is 50.7 Å². The predicted molar refractivity (Wildman–Crippen MR) is 412 cm³/mol. The van der Waals surface area contributed by atoms with Crippen LogP contribution in [-0.2, 0) is 96.2 Å². The first-order valence-corrected chi connectivity index (χ1v) is 38.8. The number of methoxy groups -OCH3 is 3. The van der Waals surface area contributed by atoms with Gasteiger partial charge in [0.2, 0.25) is 5.91 Å². The van der Waals surface area contributed by atoms with E-state index in [4.69, 9.17) is 38.6 Å². The lowest BCUT2D eigenvalue weighted by Gasteiger charge is -2.38. The number of likely N-dealkylation sites (tertiary alicyclic amines) is 1. The summed E-state index contributed by atoms with van der Waals surface area (Å²) in [7, 11) is 7.60. The van der Waals surface area contributed by atoms with Crippen LogP contribution < -0.4 is 20.3 Å². The number of nitrogens with zero attached hydrogens (tertiary/aromatic N) is 12. The molecule has 24 nitrogen and oxygen atoms in total. The molecule has 4 amide bonds. The van der Waals surface area contributed by atoms with E-state index in [1.54, 1.807) is 58.6 Å². The Morgan fingerprint density at radius 3 is 1.72 bits per heavy atom. The minimum Gasteiger partial charge on any atom is -0.452 e. The molecule has 4 aromatic heterocycles. The first-order chi connectivity index (χ1) is 51.7. The molecule has 7 atom stereocenters. The van der Waals surface area contributed by atoms with Gasteiger partial charge in [0.25, 0.3) is 5.56 Å². The van der Waals surface area contributed by atoms with Gasteiger partial charge in [0.1, 0.15) is 23.3 Å². The van der Waals surface area contributed by atoms with Gasteiger partial charge < -0.3 is 46.9 Å². The van der Waals surface area contributed by atoms with Gasteiger partial charge in [-0.3, -0.25) is 38.8 Å². The van der Waals surface area contributed by atoms with Crippen molar-refractivity contribution in [2.24, 2.45) is 5.92 Å². The average molecular weight is 1460 g/mol. The second kappa shape index (κ2) is 33.5. The van der Waals surface area contributed by atoms with Gasteiger partial charge >= 0.3 is 18.3 Å². The van der Waals surface area contributed by atoms with E-state index >= 15 is 0 Å². The third-order valence-corrected chi connectivity index (χ3v) is 23.5. The molecule has 8 aromatic rings. The molecule has 1 saturated carbocycles. The van der Waals surface area contributed by atoms with Crippen LogP contribution in [0.3, 0.4) is 0 Å². The molecule has 0 unspecified atom stereocenters. The molecule has 107 heavy (non-hydrogen) atoms. The number of anilines is 3. The van der Waals surface area contributed by atoms with Crippen molar-refractivity contribution < 1.29 is 52.5 Å². The molecule has 0 bridgehead atoms. The number of ether oxygens (including phenoxy) is 5. The molecular formula is C83H106N12O12. The fourth-order valence-corrected chi connectivity index (χ4v) is 17.4. The van der Waals surface area contributed by atoms with Crippen molar-refractivity contribution in [1.29, 1.82) is 0 Å². The lowest BCUT2D eigenvalue weighted by atomic mass is 9.83. The van der Waals surface area contributed by atoms with Crippen molar-refractivity contribution in [2.75, 3.05) is 83.0 Å². The molecule has 0 radical (unpaired) electrons. The van der Waals surface area contributed by atoms with Gasteiger partial charge in [0, 0.05) is 151 Å². The molecule has 4 aromatic carbocycles. The molecule has 24 heteroatoms. The number of ketones is 2. The number of carbonyl (C=O) groups is 6. The van der Waals surface area contributed by atoms with Crippen LogP contribution in [0.5, 0.6) is 0 Å². The summed E-state index contributed by atoms with van der Waals surface area (Å²) in [5.41, 5.74) is 13.0. The minimum atomic E-state index is -0.420. The summed E-state index contributed by atoms with van der Waals surface area (Å²) in [4.78, 5) is 112. The zero-order chi connectivity index (χ0) is 75.2. The molecule has 0 N–H and O–H groups in total. The van der Waals surface area contributed by atoms with E-state index < -0.39 is 6.09 Å². The zero-order valence-corrected chi connectivity index (χ0v) is 63.9. The van der Waals surface area contributed by atoms with Gasteiger partial charge in [-0.05, 0) is 166 Å². The number of hydrogen-bond acceptors (Lipinski definition) is 16. The number of aromatic nitrogens is 7. The summed E-state index contributed by atoms with van der Waals surface area (Å²) in [6.45, 7) is 14.1. The van der Waals surface area contributed by atoms with Gasteiger partial charge in [0.05, 0.1) is 96.3 Å². The van der Waals surface area contributed by atoms with Crippen LogP contribution in [0.25, 0.3) is 33.1 Å². The Morgan fingerprint density at radius 1 is 0.589 bits per heavy atom. The molecule has 6 aliphatic heterocycles. The van der Waals surface area contributed by atoms with Gasteiger partial charge in [-0.2, -0.15) is 0 Å². The van der Waals surface area contributed by atoms with Crippen molar-refractivity contribution in [1.82, 2.24) is 43.0 Å². The van der Waals surface area contributed by atoms with E-state index in [9.17, 15) is 33.6 Å². The average Bonchev–Trinajstić information content (AvgIpc) is 1.64. The Labute approximate surface area is 626 Å². The van der Waals surface area contributed by atoms with Crippen molar-refractivity contribution in [3.05, 3.63) is 141 Å². The topological polar surface area (TPSA) is 240 Å². The SMILES string of the molecule is COC(=O)N1c2ccc3c(nc(CC[C@H]4CCCCO4)n3[C@@H]3CCC[C@H](C(C)=O)C3)c2CC[C@@H]1C.COC(=O)N1c2ccc3c(nc(CCn4ccccc4=O)n3CC(=O)CCC(=O)N(C)C)c2CC[C@@H]1C.COC(=O)N1c2ccc3c(nc(Cc4ccccc4)n3CCN3CC[C@@]4(CCO4)C3)c2CC[C@@H]1C. The normalized spacial score (nSPS) is 21.9. The summed E-state index contributed by atoms with van der Waals surface area (Å²) in [6, 6.07) is 28.2. The number of pyridine rings is 1. The Bertz CT molecular complexity index is 4620. The molecule has 10 heterocycles. The molecule has 3 saturated heterocycles. The Hall–Kier alpha value is -9.26. The Morgan fingerprint density at radius 2 is 1.17 bits per heavy atom. The highest BCUT2D eigenvalue weighted by Crippen LogP contribution is 2.44. The van der Waals surface area contributed by atoms with E-state index in [-0.39, 0.29) is 84.5 Å². The monoisotopic (exact) mass is 1460 g/mol. The van der Waals surface area contributed by atoms with Gasteiger partial charge in [-0.1, -0.05) is 42.8 Å². The number of fused-ring (bicyclic) bond motifs is 9. The maximum absolute atomic E-state index is 12.9. The predicted octanol–water partition coefficient (Wildman–Crippen LogP) is 13.0. The second-order valence-electron chi connectivity index (χ2n) is 30.6. The highest BCUT2D eigenvalue weighted by Gasteiger charge is 2.44. The number of carbonyl (C=O) groups excluding carboxylic acids is 6. The van der Waals surface area contributed by atoms with E-state index in [0.717, 1.165) is 221 Å². The lowest BCUT2D eigenvalue weighted by molar-refractivity contribution is -0.137. The van der Waals surface area contributed by atoms with E-state index in [1.807, 2.05) is 23.6 Å². The number of imidazole rings is 3. The van der Waals surface area contributed by atoms with Crippen LogP contribution in [0.4, 0.5) is 31.4 Å². The number of benzene rings is 4. The van der Waals surface area contributed by atoms with Crippen LogP contribution in [0.1, 0.15) is 170 Å². The van der Waals surface area contributed by atoms with Crippen LogP contribution in [0.15, 0.2) is 95.9 Å².